The van der Waals surface area contributed by atoms with Crippen molar-refractivity contribution >= 4 is 27.0 Å². The van der Waals surface area contributed by atoms with E-state index in [2.05, 4.69) is 9.71 Å². The third kappa shape index (κ3) is 2.94. The molecule has 0 aliphatic rings. The van der Waals surface area contributed by atoms with Crippen LogP contribution in [0.5, 0.6) is 0 Å². The summed E-state index contributed by atoms with van der Waals surface area (Å²) in [5, 5.41) is 0. The fraction of sp³-hybridized carbons (Fsp3) is 0.182. The first-order valence-electron chi connectivity index (χ1n) is 5.44. The zero-order valence-corrected chi connectivity index (χ0v) is 12.0. The highest BCUT2D eigenvalue weighted by Gasteiger charge is 2.22. The third-order valence-electron chi connectivity index (χ3n) is 2.57. The Labute approximate surface area is 118 Å². The monoisotopic (exact) mass is 319 g/mol. The molecular formula is C11H11F2N3O2S2. The maximum absolute atomic E-state index is 13.6. The normalized spacial score (nSPS) is 11.8. The lowest BCUT2D eigenvalue weighted by molar-refractivity contribution is 0.484. The van der Waals surface area contributed by atoms with E-state index in [1.165, 1.54) is 11.3 Å². The molecule has 0 aliphatic carbocycles. The summed E-state index contributed by atoms with van der Waals surface area (Å²) in [6.45, 7) is 1.68. The molecular weight excluding hydrogens is 308 g/mol. The van der Waals surface area contributed by atoms with E-state index < -0.39 is 26.6 Å². The molecule has 0 atom stereocenters. The Morgan fingerprint density at radius 2 is 2.10 bits per heavy atom. The number of hydrogen-bond donors (Lipinski definition) is 2. The lowest BCUT2D eigenvalue weighted by Gasteiger charge is -2.08. The number of nitrogen functional groups attached to an aromatic ring is 1. The zero-order valence-electron chi connectivity index (χ0n) is 10.4. The first-order chi connectivity index (χ1) is 9.31. The predicted molar refractivity (Wildman–Crippen MR) is 71.6 cm³/mol. The lowest BCUT2D eigenvalue weighted by atomic mass is 10.3. The number of aromatic nitrogens is 1. The number of sulfonamides is 1. The molecule has 0 unspecified atom stereocenters. The number of aryl methyl sites for hydroxylation is 1. The second-order valence-corrected chi connectivity index (χ2v) is 6.68. The first-order valence-corrected chi connectivity index (χ1v) is 7.80. The minimum atomic E-state index is -4.19. The Morgan fingerprint density at radius 1 is 1.40 bits per heavy atom. The van der Waals surface area contributed by atoms with Crippen LogP contribution < -0.4 is 10.5 Å². The van der Waals surface area contributed by atoms with Crippen molar-refractivity contribution in [1.82, 2.24) is 9.71 Å². The molecule has 2 aromatic rings. The molecule has 5 nitrogen and oxygen atoms in total. The molecule has 0 amide bonds. The largest absolute Gasteiger partial charge is 0.399 e. The van der Waals surface area contributed by atoms with Gasteiger partial charge in [-0.1, -0.05) is 0 Å². The van der Waals surface area contributed by atoms with Gasteiger partial charge in [0.15, 0.2) is 11.6 Å². The Bertz CT molecular complexity index is 744. The highest BCUT2D eigenvalue weighted by atomic mass is 32.2. The topological polar surface area (TPSA) is 85.1 Å². The summed E-state index contributed by atoms with van der Waals surface area (Å²) in [4.78, 5) is 3.85. The second-order valence-electron chi connectivity index (χ2n) is 4.00. The van der Waals surface area contributed by atoms with Gasteiger partial charge in [-0.2, -0.15) is 0 Å². The molecule has 20 heavy (non-hydrogen) atoms. The zero-order chi connectivity index (χ0) is 14.9. The van der Waals surface area contributed by atoms with E-state index in [1.807, 2.05) is 0 Å². The highest BCUT2D eigenvalue weighted by molar-refractivity contribution is 7.89. The average Bonchev–Trinajstić information content (AvgIpc) is 2.77. The minimum Gasteiger partial charge on any atom is -0.399 e. The van der Waals surface area contributed by atoms with Gasteiger partial charge in [0.25, 0.3) is 0 Å². The molecule has 1 aromatic carbocycles. The predicted octanol–water partition coefficient (Wildman–Crippen LogP) is 1.79. The Morgan fingerprint density at radius 3 is 2.70 bits per heavy atom. The van der Waals surface area contributed by atoms with Crippen LogP contribution in [-0.2, 0) is 16.6 Å². The van der Waals surface area contributed by atoms with E-state index in [9.17, 15) is 17.2 Å². The van der Waals surface area contributed by atoms with Gasteiger partial charge in [0.05, 0.1) is 11.2 Å². The first kappa shape index (κ1) is 14.8. The number of thiazole rings is 1. The van der Waals surface area contributed by atoms with Crippen LogP contribution in [0.1, 0.15) is 10.6 Å². The Balaban J connectivity index is 2.29. The molecule has 0 bridgehead atoms. The van der Waals surface area contributed by atoms with E-state index in [-0.39, 0.29) is 12.2 Å². The van der Waals surface area contributed by atoms with E-state index in [0.29, 0.717) is 10.6 Å². The van der Waals surface area contributed by atoms with Crippen molar-refractivity contribution in [3.63, 3.8) is 0 Å². The van der Waals surface area contributed by atoms with Crippen LogP contribution in [0, 0.1) is 18.6 Å². The summed E-state index contributed by atoms with van der Waals surface area (Å²) in [7, 11) is -4.19. The van der Waals surface area contributed by atoms with Crippen LogP contribution in [0.3, 0.4) is 0 Å². The maximum Gasteiger partial charge on any atom is 0.244 e. The summed E-state index contributed by atoms with van der Waals surface area (Å²) in [6, 6.07) is 1.60. The van der Waals surface area contributed by atoms with Gasteiger partial charge in [-0.3, -0.25) is 0 Å². The van der Waals surface area contributed by atoms with Gasteiger partial charge in [-0.15, -0.1) is 11.3 Å². The smallest absolute Gasteiger partial charge is 0.244 e. The molecule has 0 aliphatic heterocycles. The third-order valence-corrected chi connectivity index (χ3v) is 4.91. The molecule has 3 N–H and O–H groups in total. The maximum atomic E-state index is 13.6. The molecule has 108 valence electrons. The summed E-state index contributed by atoms with van der Waals surface area (Å²) in [5.41, 5.74) is 7.41. The van der Waals surface area contributed by atoms with Gasteiger partial charge < -0.3 is 5.73 Å². The quantitative estimate of drug-likeness (QED) is 0.841. The molecule has 1 heterocycles. The molecule has 1 aromatic heterocycles. The number of halogens is 2. The number of anilines is 1. The van der Waals surface area contributed by atoms with E-state index in [1.54, 1.807) is 12.4 Å². The summed E-state index contributed by atoms with van der Waals surface area (Å²) < 4.78 is 52.9. The van der Waals surface area contributed by atoms with Crippen LogP contribution in [0.2, 0.25) is 0 Å². The molecule has 9 heteroatoms. The Hall–Kier alpha value is -1.58. The number of rotatable bonds is 4. The number of nitrogens with two attached hydrogens (primary N) is 1. The van der Waals surface area contributed by atoms with Crippen molar-refractivity contribution in [2.24, 2.45) is 0 Å². The van der Waals surface area contributed by atoms with Crippen LogP contribution in [-0.4, -0.2) is 13.4 Å². The number of nitrogens with zero attached hydrogens (tertiary/aromatic N) is 1. The van der Waals surface area contributed by atoms with Gasteiger partial charge in [-0.05, 0) is 19.1 Å². The fourth-order valence-corrected chi connectivity index (χ4v) is 3.44. The van der Waals surface area contributed by atoms with Crippen molar-refractivity contribution in [2.75, 3.05) is 5.73 Å². The fourth-order valence-electron chi connectivity index (χ4n) is 1.51. The Kier molecular flexibility index (Phi) is 4.02. The van der Waals surface area contributed by atoms with E-state index >= 15 is 0 Å². The summed E-state index contributed by atoms with van der Waals surface area (Å²) in [5.74, 6) is -2.76. The van der Waals surface area contributed by atoms with Crippen molar-refractivity contribution in [3.05, 3.63) is 39.8 Å². The second kappa shape index (κ2) is 5.43. The number of benzene rings is 1. The van der Waals surface area contributed by atoms with Gasteiger partial charge in [0.1, 0.15) is 4.90 Å². The standard InChI is InChI=1S/C11H11F2N3O2S2/c1-6-9(19-5-15-6)4-16-20(17,18)10-3-7(14)2-8(12)11(10)13/h2-3,5,16H,4,14H2,1H3. The van der Waals surface area contributed by atoms with Gasteiger partial charge in [0, 0.05) is 17.1 Å². The highest BCUT2D eigenvalue weighted by Crippen LogP contribution is 2.21. The lowest BCUT2D eigenvalue weighted by Crippen LogP contribution is -2.24. The average molecular weight is 319 g/mol. The van der Waals surface area contributed by atoms with Crippen molar-refractivity contribution < 1.29 is 17.2 Å². The van der Waals surface area contributed by atoms with Gasteiger partial charge in [-0.25, -0.2) is 26.9 Å². The van der Waals surface area contributed by atoms with Crippen LogP contribution in [0.4, 0.5) is 14.5 Å². The van der Waals surface area contributed by atoms with Crippen molar-refractivity contribution in [1.29, 1.82) is 0 Å². The number of nitrogens with one attached hydrogen (secondary N) is 1. The van der Waals surface area contributed by atoms with Crippen molar-refractivity contribution in [3.8, 4) is 0 Å². The van der Waals surface area contributed by atoms with E-state index in [4.69, 9.17) is 5.73 Å². The van der Waals surface area contributed by atoms with Crippen molar-refractivity contribution in [2.45, 2.75) is 18.4 Å². The number of hydrogen-bond acceptors (Lipinski definition) is 5. The molecule has 0 fully saturated rings. The van der Waals surface area contributed by atoms with Gasteiger partial charge in [0.2, 0.25) is 10.0 Å². The SMILES string of the molecule is Cc1ncsc1CNS(=O)(=O)c1cc(N)cc(F)c1F. The summed E-state index contributed by atoms with van der Waals surface area (Å²) in [6.07, 6.45) is 0. The molecule has 0 radical (unpaired) electrons. The van der Waals surface area contributed by atoms with Crippen LogP contribution in [0.25, 0.3) is 0 Å². The minimum absolute atomic E-state index is 0.0469. The molecule has 0 spiro atoms. The van der Waals surface area contributed by atoms with Crippen LogP contribution in [0.15, 0.2) is 22.5 Å². The van der Waals surface area contributed by atoms with Gasteiger partial charge >= 0.3 is 0 Å². The van der Waals surface area contributed by atoms with Crippen LogP contribution >= 0.6 is 11.3 Å². The molecule has 2 rings (SSSR count). The summed E-state index contributed by atoms with van der Waals surface area (Å²) >= 11 is 1.27. The molecule has 0 saturated heterocycles. The van der Waals surface area contributed by atoms with E-state index in [0.717, 1.165) is 12.1 Å². The molecule has 0 saturated carbocycles.